The highest BCUT2D eigenvalue weighted by Gasteiger charge is 2.23. The van der Waals surface area contributed by atoms with Crippen LogP contribution in [0.5, 0.6) is 0 Å². The maximum atomic E-state index is 4.63. The van der Waals surface area contributed by atoms with Crippen LogP contribution in [0.4, 0.5) is 5.95 Å². The van der Waals surface area contributed by atoms with Crippen LogP contribution in [-0.4, -0.2) is 56.6 Å². The Labute approximate surface area is 124 Å². The predicted octanol–water partition coefficient (Wildman–Crippen LogP) is 0.441. The summed E-state index contributed by atoms with van der Waals surface area (Å²) in [6.07, 6.45) is 5.68. The predicted molar refractivity (Wildman–Crippen MR) is 79.1 cm³/mol. The first-order valence-corrected chi connectivity index (χ1v) is 7.44. The average Bonchev–Trinajstić information content (AvgIpc) is 3.19. The number of hydrogen-bond donors (Lipinski definition) is 2. The van der Waals surface area contributed by atoms with Crippen LogP contribution >= 0.6 is 0 Å². The molecule has 0 spiro atoms. The first-order chi connectivity index (χ1) is 10.3. The van der Waals surface area contributed by atoms with Gasteiger partial charge >= 0.3 is 0 Å². The van der Waals surface area contributed by atoms with E-state index in [1.165, 1.54) is 19.2 Å². The van der Waals surface area contributed by atoms with Gasteiger partial charge in [0.05, 0.1) is 0 Å². The smallest absolute Gasteiger partial charge is 0.244 e. The number of nitrogens with zero attached hydrogens (tertiary/aromatic N) is 6. The lowest BCUT2D eigenvalue weighted by atomic mass is 9.98. The molecule has 2 aromatic rings. The van der Waals surface area contributed by atoms with Crippen molar-refractivity contribution in [3.8, 4) is 0 Å². The van der Waals surface area contributed by atoms with Gasteiger partial charge in [-0.25, -0.2) is 9.67 Å². The SMILES string of the molecule is CNCC1CCCN(c2n[nH]c(C(C)n3cncn3)n2)C1. The van der Waals surface area contributed by atoms with E-state index < -0.39 is 0 Å². The highest BCUT2D eigenvalue weighted by atomic mass is 15.4. The largest absolute Gasteiger partial charge is 0.339 e. The Hall–Kier alpha value is -1.96. The number of anilines is 1. The second-order valence-electron chi connectivity index (χ2n) is 5.58. The molecule has 0 amide bonds. The van der Waals surface area contributed by atoms with Gasteiger partial charge in [0, 0.05) is 13.1 Å². The quantitative estimate of drug-likeness (QED) is 0.831. The Morgan fingerprint density at radius 2 is 2.43 bits per heavy atom. The van der Waals surface area contributed by atoms with Gasteiger partial charge in [-0.05, 0) is 39.3 Å². The molecule has 1 fully saturated rings. The van der Waals surface area contributed by atoms with Crippen molar-refractivity contribution in [1.82, 2.24) is 35.3 Å². The van der Waals surface area contributed by atoms with Gasteiger partial charge in [0.15, 0.2) is 5.82 Å². The van der Waals surface area contributed by atoms with E-state index in [0.717, 1.165) is 31.4 Å². The van der Waals surface area contributed by atoms with Gasteiger partial charge < -0.3 is 10.2 Å². The van der Waals surface area contributed by atoms with E-state index in [0.29, 0.717) is 5.92 Å². The van der Waals surface area contributed by atoms with E-state index in [2.05, 4.69) is 35.5 Å². The van der Waals surface area contributed by atoms with Crippen molar-refractivity contribution >= 4 is 5.95 Å². The van der Waals surface area contributed by atoms with Crippen molar-refractivity contribution in [2.24, 2.45) is 5.92 Å². The second kappa shape index (κ2) is 6.21. The summed E-state index contributed by atoms with van der Waals surface area (Å²) in [7, 11) is 2.00. The maximum absolute atomic E-state index is 4.63. The Bertz CT molecular complexity index is 546. The van der Waals surface area contributed by atoms with Gasteiger partial charge in [-0.1, -0.05) is 0 Å². The number of nitrogens with one attached hydrogen (secondary N) is 2. The molecular formula is C13H22N8. The monoisotopic (exact) mass is 290 g/mol. The number of aromatic amines is 1. The molecule has 1 aliphatic rings. The van der Waals surface area contributed by atoms with E-state index in [-0.39, 0.29) is 6.04 Å². The normalized spacial score (nSPS) is 20.7. The molecule has 114 valence electrons. The van der Waals surface area contributed by atoms with Gasteiger partial charge in [0.25, 0.3) is 0 Å². The van der Waals surface area contributed by atoms with Crippen molar-refractivity contribution in [3.63, 3.8) is 0 Å². The molecule has 2 N–H and O–H groups in total. The fraction of sp³-hybridized carbons (Fsp3) is 0.692. The zero-order chi connectivity index (χ0) is 14.7. The minimum atomic E-state index is 0.00615. The molecule has 3 heterocycles. The molecule has 21 heavy (non-hydrogen) atoms. The zero-order valence-corrected chi connectivity index (χ0v) is 12.5. The molecule has 8 heteroatoms. The van der Waals surface area contributed by atoms with Crippen LogP contribution in [0.3, 0.4) is 0 Å². The van der Waals surface area contributed by atoms with Crippen molar-refractivity contribution in [2.45, 2.75) is 25.8 Å². The number of rotatable bonds is 5. The minimum absolute atomic E-state index is 0.00615. The van der Waals surface area contributed by atoms with Crippen LogP contribution in [-0.2, 0) is 0 Å². The Kier molecular flexibility index (Phi) is 4.14. The fourth-order valence-electron chi connectivity index (χ4n) is 2.84. The summed E-state index contributed by atoms with van der Waals surface area (Å²) >= 11 is 0. The number of hydrogen-bond acceptors (Lipinski definition) is 6. The van der Waals surface area contributed by atoms with Crippen LogP contribution in [0.15, 0.2) is 12.7 Å². The third-order valence-corrected chi connectivity index (χ3v) is 4.01. The van der Waals surface area contributed by atoms with Crippen molar-refractivity contribution in [3.05, 3.63) is 18.5 Å². The summed E-state index contributed by atoms with van der Waals surface area (Å²) in [6, 6.07) is 0.00615. The molecule has 0 aliphatic carbocycles. The van der Waals surface area contributed by atoms with Gasteiger partial charge in [0.1, 0.15) is 18.7 Å². The molecule has 3 rings (SSSR count). The third kappa shape index (κ3) is 3.05. The van der Waals surface area contributed by atoms with Gasteiger partial charge in [0.2, 0.25) is 5.95 Å². The Morgan fingerprint density at radius 1 is 1.52 bits per heavy atom. The molecule has 2 aromatic heterocycles. The van der Waals surface area contributed by atoms with E-state index in [1.54, 1.807) is 11.0 Å². The number of H-pyrrole nitrogens is 1. The first-order valence-electron chi connectivity index (χ1n) is 7.44. The standard InChI is InChI=1S/C13H22N8/c1-10(21-9-15-8-16-21)12-17-13(19-18-12)20-5-3-4-11(7-20)6-14-2/h8-11,14H,3-7H2,1-2H3,(H,17,18,19). The molecular weight excluding hydrogens is 268 g/mol. The summed E-state index contributed by atoms with van der Waals surface area (Å²) in [5.74, 6) is 2.27. The Balaban J connectivity index is 1.69. The highest BCUT2D eigenvalue weighted by molar-refractivity contribution is 5.30. The van der Waals surface area contributed by atoms with Crippen LogP contribution in [0.25, 0.3) is 0 Å². The number of piperidine rings is 1. The van der Waals surface area contributed by atoms with E-state index in [4.69, 9.17) is 0 Å². The summed E-state index contributed by atoms with van der Waals surface area (Å²) < 4.78 is 1.77. The van der Waals surface area contributed by atoms with Crippen LogP contribution in [0.2, 0.25) is 0 Å². The lowest BCUT2D eigenvalue weighted by molar-refractivity contribution is 0.399. The summed E-state index contributed by atoms with van der Waals surface area (Å²) in [4.78, 5) is 10.9. The van der Waals surface area contributed by atoms with Crippen molar-refractivity contribution in [2.75, 3.05) is 31.6 Å². The molecule has 0 bridgehead atoms. The molecule has 1 aliphatic heterocycles. The van der Waals surface area contributed by atoms with Gasteiger partial charge in [-0.3, -0.25) is 5.10 Å². The van der Waals surface area contributed by atoms with Crippen LogP contribution in [0, 0.1) is 5.92 Å². The zero-order valence-electron chi connectivity index (χ0n) is 12.5. The molecule has 2 atom stereocenters. The first kappa shape index (κ1) is 14.0. The summed E-state index contributed by atoms with van der Waals surface area (Å²) in [5.41, 5.74) is 0. The van der Waals surface area contributed by atoms with Gasteiger partial charge in [-0.2, -0.15) is 10.1 Å². The fourth-order valence-corrected chi connectivity index (χ4v) is 2.84. The topological polar surface area (TPSA) is 87.5 Å². The highest BCUT2D eigenvalue weighted by Crippen LogP contribution is 2.21. The van der Waals surface area contributed by atoms with E-state index in [1.807, 2.05) is 14.0 Å². The third-order valence-electron chi connectivity index (χ3n) is 4.01. The Morgan fingerprint density at radius 3 is 3.19 bits per heavy atom. The van der Waals surface area contributed by atoms with Crippen molar-refractivity contribution < 1.29 is 0 Å². The summed E-state index contributed by atoms with van der Waals surface area (Å²) in [6.45, 7) is 5.10. The van der Waals surface area contributed by atoms with Crippen LogP contribution in [0.1, 0.15) is 31.6 Å². The molecule has 1 saturated heterocycles. The molecule has 0 saturated carbocycles. The summed E-state index contributed by atoms with van der Waals surface area (Å²) in [5, 5.41) is 14.8. The van der Waals surface area contributed by atoms with Crippen LogP contribution < -0.4 is 10.2 Å². The molecule has 0 radical (unpaired) electrons. The average molecular weight is 290 g/mol. The molecule has 0 aromatic carbocycles. The maximum Gasteiger partial charge on any atom is 0.244 e. The van der Waals surface area contributed by atoms with E-state index >= 15 is 0 Å². The second-order valence-corrected chi connectivity index (χ2v) is 5.58. The lowest BCUT2D eigenvalue weighted by Crippen LogP contribution is -2.39. The molecule has 8 nitrogen and oxygen atoms in total. The molecule has 2 unspecified atom stereocenters. The lowest BCUT2D eigenvalue weighted by Gasteiger charge is -2.31. The van der Waals surface area contributed by atoms with Crippen molar-refractivity contribution in [1.29, 1.82) is 0 Å². The van der Waals surface area contributed by atoms with Gasteiger partial charge in [-0.15, -0.1) is 5.10 Å². The minimum Gasteiger partial charge on any atom is -0.339 e. The van der Waals surface area contributed by atoms with E-state index in [9.17, 15) is 0 Å². The number of aromatic nitrogens is 6.